The molecule has 0 amide bonds. The molecule has 0 aliphatic heterocycles. The molecule has 3 N–H and O–H groups in total. The summed E-state index contributed by atoms with van der Waals surface area (Å²) in [6.45, 7) is 0. The van der Waals surface area contributed by atoms with Crippen molar-refractivity contribution in [3.63, 3.8) is 0 Å². The molecular weight excluding hydrogens is 242 g/mol. The SMILES string of the molecule is NNC(Cc1ccc(Cl)cc1)c1cscn1. The fourth-order valence-corrected chi connectivity index (χ4v) is 2.23. The van der Waals surface area contributed by atoms with Crippen molar-refractivity contribution in [1.82, 2.24) is 10.4 Å². The van der Waals surface area contributed by atoms with Crippen molar-refractivity contribution in [1.29, 1.82) is 0 Å². The van der Waals surface area contributed by atoms with Crippen LogP contribution in [0.25, 0.3) is 0 Å². The van der Waals surface area contributed by atoms with Crippen molar-refractivity contribution >= 4 is 22.9 Å². The van der Waals surface area contributed by atoms with E-state index in [1.54, 1.807) is 11.3 Å². The van der Waals surface area contributed by atoms with Crippen LogP contribution < -0.4 is 11.3 Å². The highest BCUT2D eigenvalue weighted by Gasteiger charge is 2.12. The first-order valence-electron chi connectivity index (χ1n) is 4.88. The van der Waals surface area contributed by atoms with E-state index in [4.69, 9.17) is 17.4 Å². The van der Waals surface area contributed by atoms with Gasteiger partial charge in [0, 0.05) is 10.4 Å². The van der Waals surface area contributed by atoms with E-state index in [0.717, 1.165) is 17.1 Å². The molecule has 1 atom stereocenters. The fourth-order valence-electron chi connectivity index (χ4n) is 1.50. The zero-order valence-corrected chi connectivity index (χ0v) is 10.1. The molecule has 0 bridgehead atoms. The number of hydrogen-bond donors (Lipinski definition) is 2. The summed E-state index contributed by atoms with van der Waals surface area (Å²) in [5.74, 6) is 5.53. The van der Waals surface area contributed by atoms with Crippen molar-refractivity contribution in [2.75, 3.05) is 0 Å². The van der Waals surface area contributed by atoms with E-state index in [2.05, 4.69) is 10.4 Å². The van der Waals surface area contributed by atoms with Gasteiger partial charge in [-0.2, -0.15) is 0 Å². The second kappa shape index (κ2) is 5.41. The Morgan fingerprint density at radius 2 is 2.12 bits per heavy atom. The van der Waals surface area contributed by atoms with E-state index < -0.39 is 0 Å². The molecule has 0 aliphatic rings. The minimum Gasteiger partial charge on any atom is -0.271 e. The number of rotatable bonds is 4. The van der Waals surface area contributed by atoms with Gasteiger partial charge < -0.3 is 0 Å². The fraction of sp³-hybridized carbons (Fsp3) is 0.182. The van der Waals surface area contributed by atoms with Crippen LogP contribution in [0.2, 0.25) is 5.02 Å². The second-order valence-electron chi connectivity index (χ2n) is 3.46. The highest BCUT2D eigenvalue weighted by atomic mass is 35.5. The first-order valence-corrected chi connectivity index (χ1v) is 6.20. The lowest BCUT2D eigenvalue weighted by atomic mass is 10.0. The van der Waals surface area contributed by atoms with Crippen LogP contribution >= 0.6 is 22.9 Å². The van der Waals surface area contributed by atoms with Crippen molar-refractivity contribution in [3.05, 3.63) is 51.4 Å². The molecule has 1 aromatic heterocycles. The summed E-state index contributed by atoms with van der Waals surface area (Å²) in [6.07, 6.45) is 0.803. The third kappa shape index (κ3) is 2.80. The molecule has 16 heavy (non-hydrogen) atoms. The molecule has 3 nitrogen and oxygen atoms in total. The summed E-state index contributed by atoms with van der Waals surface area (Å²) in [5.41, 5.74) is 6.74. The van der Waals surface area contributed by atoms with Gasteiger partial charge in [0.05, 0.1) is 17.2 Å². The number of nitrogens with two attached hydrogens (primary N) is 1. The number of benzene rings is 1. The average molecular weight is 254 g/mol. The molecule has 1 heterocycles. The van der Waals surface area contributed by atoms with E-state index >= 15 is 0 Å². The van der Waals surface area contributed by atoms with Gasteiger partial charge in [0.2, 0.25) is 0 Å². The van der Waals surface area contributed by atoms with Crippen LogP contribution in [-0.2, 0) is 6.42 Å². The Morgan fingerprint density at radius 1 is 1.38 bits per heavy atom. The molecule has 0 saturated carbocycles. The van der Waals surface area contributed by atoms with Crippen molar-refractivity contribution in [3.8, 4) is 0 Å². The van der Waals surface area contributed by atoms with Crippen LogP contribution in [0, 0.1) is 0 Å². The topological polar surface area (TPSA) is 50.9 Å². The summed E-state index contributed by atoms with van der Waals surface area (Å²) in [7, 11) is 0. The number of nitrogens with one attached hydrogen (secondary N) is 1. The van der Waals surface area contributed by atoms with Crippen LogP contribution in [0.5, 0.6) is 0 Å². The third-order valence-electron chi connectivity index (χ3n) is 2.36. The molecule has 5 heteroatoms. The van der Waals surface area contributed by atoms with E-state index in [9.17, 15) is 0 Å². The quantitative estimate of drug-likeness (QED) is 0.650. The van der Waals surface area contributed by atoms with Crippen molar-refractivity contribution < 1.29 is 0 Å². The van der Waals surface area contributed by atoms with E-state index in [1.165, 1.54) is 5.56 Å². The van der Waals surface area contributed by atoms with Gasteiger partial charge in [0.15, 0.2) is 0 Å². The highest BCUT2D eigenvalue weighted by Crippen LogP contribution is 2.18. The lowest BCUT2D eigenvalue weighted by molar-refractivity contribution is 0.541. The Morgan fingerprint density at radius 3 is 2.69 bits per heavy atom. The molecule has 1 aromatic carbocycles. The third-order valence-corrected chi connectivity index (χ3v) is 3.22. The maximum Gasteiger partial charge on any atom is 0.0795 e. The zero-order chi connectivity index (χ0) is 11.4. The molecule has 0 fully saturated rings. The molecule has 0 saturated heterocycles. The summed E-state index contributed by atoms with van der Waals surface area (Å²) >= 11 is 7.40. The number of hydrogen-bond acceptors (Lipinski definition) is 4. The number of nitrogens with zero attached hydrogens (tertiary/aromatic N) is 1. The first-order chi connectivity index (χ1) is 7.79. The van der Waals surface area contributed by atoms with Gasteiger partial charge in [-0.25, -0.2) is 4.98 Å². The van der Waals surface area contributed by atoms with Crippen LogP contribution in [0.15, 0.2) is 35.2 Å². The van der Waals surface area contributed by atoms with Gasteiger partial charge in [0.1, 0.15) is 0 Å². The monoisotopic (exact) mass is 253 g/mol. The maximum atomic E-state index is 5.83. The average Bonchev–Trinajstić information content (AvgIpc) is 2.82. The minimum atomic E-state index is 0.0485. The zero-order valence-electron chi connectivity index (χ0n) is 8.56. The molecule has 84 valence electrons. The summed E-state index contributed by atoms with van der Waals surface area (Å²) in [4.78, 5) is 4.25. The van der Waals surface area contributed by atoms with E-state index in [0.29, 0.717) is 0 Å². The Hall–Kier alpha value is -0.940. The molecule has 1 unspecified atom stereocenters. The molecule has 0 spiro atoms. The Labute approximate surface area is 103 Å². The van der Waals surface area contributed by atoms with Gasteiger partial charge in [-0.05, 0) is 24.1 Å². The molecule has 0 radical (unpaired) electrons. The normalized spacial score (nSPS) is 12.6. The summed E-state index contributed by atoms with van der Waals surface area (Å²) in [5, 5.41) is 2.75. The van der Waals surface area contributed by atoms with Gasteiger partial charge in [-0.15, -0.1) is 11.3 Å². The number of thiazole rings is 1. The van der Waals surface area contributed by atoms with Gasteiger partial charge in [-0.1, -0.05) is 23.7 Å². The number of aromatic nitrogens is 1. The van der Waals surface area contributed by atoms with E-state index in [1.807, 2.05) is 35.2 Å². The van der Waals surface area contributed by atoms with Gasteiger partial charge in [0.25, 0.3) is 0 Å². The number of halogens is 1. The summed E-state index contributed by atoms with van der Waals surface area (Å²) < 4.78 is 0. The standard InChI is InChI=1S/C11H12ClN3S/c12-9-3-1-8(2-4-9)5-10(15-13)11-6-16-7-14-11/h1-4,6-7,10,15H,5,13H2. The van der Waals surface area contributed by atoms with E-state index in [-0.39, 0.29) is 6.04 Å². The Balaban J connectivity index is 2.10. The number of hydrazine groups is 1. The second-order valence-corrected chi connectivity index (χ2v) is 4.62. The Bertz CT molecular complexity index is 427. The molecular formula is C11H12ClN3S. The first kappa shape index (κ1) is 11.5. The highest BCUT2D eigenvalue weighted by molar-refractivity contribution is 7.07. The summed E-state index contributed by atoms with van der Waals surface area (Å²) in [6, 6.07) is 7.81. The van der Waals surface area contributed by atoms with Crippen LogP contribution in [0.3, 0.4) is 0 Å². The predicted octanol–water partition coefficient (Wildman–Crippen LogP) is 2.54. The Kier molecular flexibility index (Phi) is 3.90. The molecule has 2 rings (SSSR count). The van der Waals surface area contributed by atoms with Gasteiger partial charge in [-0.3, -0.25) is 11.3 Å². The van der Waals surface area contributed by atoms with Crippen molar-refractivity contribution in [2.24, 2.45) is 5.84 Å². The largest absolute Gasteiger partial charge is 0.271 e. The lowest BCUT2D eigenvalue weighted by Crippen LogP contribution is -2.29. The molecule has 2 aromatic rings. The minimum absolute atomic E-state index is 0.0485. The van der Waals surface area contributed by atoms with Crippen LogP contribution in [0.4, 0.5) is 0 Å². The van der Waals surface area contributed by atoms with Crippen LogP contribution in [-0.4, -0.2) is 4.98 Å². The smallest absolute Gasteiger partial charge is 0.0795 e. The van der Waals surface area contributed by atoms with Crippen LogP contribution in [0.1, 0.15) is 17.3 Å². The maximum absolute atomic E-state index is 5.83. The molecule has 0 aliphatic carbocycles. The lowest BCUT2D eigenvalue weighted by Gasteiger charge is -2.13. The predicted molar refractivity (Wildman–Crippen MR) is 67.3 cm³/mol. The van der Waals surface area contributed by atoms with Gasteiger partial charge >= 0.3 is 0 Å². The van der Waals surface area contributed by atoms with Crippen molar-refractivity contribution in [2.45, 2.75) is 12.5 Å².